The summed E-state index contributed by atoms with van der Waals surface area (Å²) in [6.07, 6.45) is 2.62. The van der Waals surface area contributed by atoms with Gasteiger partial charge in [-0.3, -0.25) is 0 Å². The van der Waals surface area contributed by atoms with Gasteiger partial charge in [0.2, 0.25) is 0 Å². The van der Waals surface area contributed by atoms with Gasteiger partial charge in [-0.05, 0) is 18.4 Å². The van der Waals surface area contributed by atoms with E-state index in [1.165, 1.54) is 7.11 Å². The van der Waals surface area contributed by atoms with Crippen LogP contribution < -0.4 is 0 Å². The highest BCUT2D eigenvalue weighted by molar-refractivity contribution is 5.56. The number of aliphatic hydroxyl groups is 1. The fraction of sp³-hybridized carbons (Fsp3) is 0.364. The highest BCUT2D eigenvalue weighted by Gasteiger charge is 2.04. The Morgan fingerprint density at radius 1 is 1.43 bits per heavy atom. The van der Waals surface area contributed by atoms with Crippen LogP contribution in [0.3, 0.4) is 0 Å². The molecule has 1 N–H and O–H groups in total. The van der Waals surface area contributed by atoms with Gasteiger partial charge in [0.05, 0.1) is 6.10 Å². The second-order valence-electron chi connectivity index (χ2n) is 2.97. The van der Waals surface area contributed by atoms with Crippen molar-refractivity contribution in [1.82, 2.24) is 0 Å². The average molecular weight is 193 g/mol. The monoisotopic (exact) mass is 193 g/mol. The minimum atomic E-state index is -0.417. The summed E-state index contributed by atoms with van der Waals surface area (Å²) in [5, 5.41) is 13.3. The van der Waals surface area contributed by atoms with E-state index < -0.39 is 6.10 Å². The predicted octanol–water partition coefficient (Wildman–Crippen LogP) is 2.13. The van der Waals surface area contributed by atoms with E-state index in [4.69, 9.17) is 0 Å². The zero-order valence-electron chi connectivity index (χ0n) is 8.26. The van der Waals surface area contributed by atoms with Crippen LogP contribution in [0.1, 0.15) is 24.5 Å². The van der Waals surface area contributed by atoms with E-state index in [0.29, 0.717) is 12.8 Å². The van der Waals surface area contributed by atoms with E-state index in [-0.39, 0.29) is 0 Å². The molecule has 0 amide bonds. The lowest BCUT2D eigenvalue weighted by Crippen LogP contribution is -1.97. The Kier molecular flexibility index (Phi) is 4.72. The van der Waals surface area contributed by atoms with Crippen LogP contribution in [0.2, 0.25) is 0 Å². The molecule has 0 saturated carbocycles. The lowest BCUT2D eigenvalue weighted by atomic mass is 10.1. The van der Waals surface area contributed by atoms with Crippen LogP contribution in [0, 0.1) is 0 Å². The summed E-state index contributed by atoms with van der Waals surface area (Å²) < 4.78 is 0. The molecule has 0 spiro atoms. The Labute approximate surface area is 84.0 Å². The predicted molar refractivity (Wildman–Crippen MR) is 56.1 cm³/mol. The molecule has 1 unspecified atom stereocenters. The van der Waals surface area contributed by atoms with Crippen molar-refractivity contribution >= 4 is 6.21 Å². The summed E-state index contributed by atoms with van der Waals surface area (Å²) in [6, 6.07) is 9.60. The van der Waals surface area contributed by atoms with Gasteiger partial charge in [-0.25, -0.2) is 0 Å². The maximum atomic E-state index is 9.72. The first kappa shape index (κ1) is 10.7. The molecule has 1 rings (SSSR count). The van der Waals surface area contributed by atoms with Gasteiger partial charge in [-0.2, -0.15) is 0 Å². The van der Waals surface area contributed by atoms with E-state index in [1.54, 1.807) is 6.21 Å². The van der Waals surface area contributed by atoms with Crippen molar-refractivity contribution in [3.63, 3.8) is 0 Å². The Hall–Kier alpha value is -1.35. The van der Waals surface area contributed by atoms with Gasteiger partial charge in [0, 0.05) is 6.21 Å². The molecule has 0 aromatic heterocycles. The Balaban J connectivity index is 2.36. The molecule has 0 heterocycles. The molecule has 14 heavy (non-hydrogen) atoms. The van der Waals surface area contributed by atoms with Crippen molar-refractivity contribution in [2.75, 3.05) is 7.11 Å². The molecule has 1 atom stereocenters. The molecule has 0 fully saturated rings. The Bertz CT molecular complexity index is 272. The van der Waals surface area contributed by atoms with Gasteiger partial charge in [-0.1, -0.05) is 35.5 Å². The average Bonchev–Trinajstić information content (AvgIpc) is 2.25. The third-order valence-corrected chi connectivity index (χ3v) is 1.93. The van der Waals surface area contributed by atoms with Crippen LogP contribution in [0.4, 0.5) is 0 Å². The summed E-state index contributed by atoms with van der Waals surface area (Å²) in [5.74, 6) is 0. The SMILES string of the molecule is CO/N=C\CCC(O)c1ccccc1. The molecule has 0 radical (unpaired) electrons. The molecule has 3 nitrogen and oxygen atoms in total. The van der Waals surface area contributed by atoms with E-state index in [1.807, 2.05) is 30.3 Å². The van der Waals surface area contributed by atoms with Crippen LogP contribution >= 0.6 is 0 Å². The second kappa shape index (κ2) is 6.16. The molecule has 1 aromatic rings. The summed E-state index contributed by atoms with van der Waals surface area (Å²) in [6.45, 7) is 0. The number of hydrogen-bond acceptors (Lipinski definition) is 3. The van der Waals surface area contributed by atoms with Gasteiger partial charge in [-0.15, -0.1) is 0 Å². The number of oxime groups is 1. The van der Waals surface area contributed by atoms with E-state index >= 15 is 0 Å². The maximum Gasteiger partial charge on any atom is 0.106 e. The lowest BCUT2D eigenvalue weighted by Gasteiger charge is -2.08. The van der Waals surface area contributed by atoms with E-state index in [9.17, 15) is 5.11 Å². The van der Waals surface area contributed by atoms with Crippen molar-refractivity contribution in [3.05, 3.63) is 35.9 Å². The molecule has 0 saturated heterocycles. The maximum absolute atomic E-state index is 9.72. The number of nitrogens with zero attached hydrogens (tertiary/aromatic N) is 1. The number of hydrogen-bond donors (Lipinski definition) is 1. The van der Waals surface area contributed by atoms with Crippen molar-refractivity contribution in [2.45, 2.75) is 18.9 Å². The largest absolute Gasteiger partial charge is 0.399 e. The first-order valence-electron chi connectivity index (χ1n) is 4.62. The first-order valence-corrected chi connectivity index (χ1v) is 4.62. The molecular formula is C11H15NO2. The van der Waals surface area contributed by atoms with Crippen molar-refractivity contribution < 1.29 is 9.94 Å². The zero-order chi connectivity index (χ0) is 10.2. The quantitative estimate of drug-likeness (QED) is 0.575. The van der Waals surface area contributed by atoms with Crippen LogP contribution in [-0.4, -0.2) is 18.4 Å². The van der Waals surface area contributed by atoms with Crippen molar-refractivity contribution in [1.29, 1.82) is 0 Å². The highest BCUT2D eigenvalue weighted by atomic mass is 16.6. The molecule has 0 bridgehead atoms. The zero-order valence-corrected chi connectivity index (χ0v) is 8.26. The minimum Gasteiger partial charge on any atom is -0.399 e. The lowest BCUT2D eigenvalue weighted by molar-refractivity contribution is 0.169. The number of benzene rings is 1. The molecule has 0 aliphatic rings. The van der Waals surface area contributed by atoms with Crippen LogP contribution in [-0.2, 0) is 4.84 Å². The van der Waals surface area contributed by atoms with Crippen molar-refractivity contribution in [3.8, 4) is 0 Å². The van der Waals surface area contributed by atoms with E-state index in [0.717, 1.165) is 5.56 Å². The van der Waals surface area contributed by atoms with Crippen LogP contribution in [0.5, 0.6) is 0 Å². The third kappa shape index (κ3) is 3.58. The first-order chi connectivity index (χ1) is 6.84. The van der Waals surface area contributed by atoms with Gasteiger partial charge in [0.15, 0.2) is 0 Å². The molecular weight excluding hydrogens is 178 g/mol. The van der Waals surface area contributed by atoms with Crippen molar-refractivity contribution in [2.24, 2.45) is 5.16 Å². The Morgan fingerprint density at radius 3 is 2.79 bits per heavy atom. The highest BCUT2D eigenvalue weighted by Crippen LogP contribution is 2.16. The fourth-order valence-corrected chi connectivity index (χ4v) is 1.20. The molecule has 0 aliphatic carbocycles. The van der Waals surface area contributed by atoms with Gasteiger partial charge >= 0.3 is 0 Å². The number of rotatable bonds is 5. The molecule has 76 valence electrons. The third-order valence-electron chi connectivity index (χ3n) is 1.93. The smallest absolute Gasteiger partial charge is 0.106 e. The normalized spacial score (nSPS) is 13.0. The fourth-order valence-electron chi connectivity index (χ4n) is 1.20. The Morgan fingerprint density at radius 2 is 2.14 bits per heavy atom. The second-order valence-corrected chi connectivity index (χ2v) is 2.97. The van der Waals surface area contributed by atoms with E-state index in [2.05, 4.69) is 9.99 Å². The van der Waals surface area contributed by atoms with Gasteiger partial charge in [0.1, 0.15) is 7.11 Å². The number of aliphatic hydroxyl groups excluding tert-OH is 1. The molecule has 1 aromatic carbocycles. The molecule has 3 heteroatoms. The van der Waals surface area contributed by atoms with Gasteiger partial charge < -0.3 is 9.94 Å². The molecule has 0 aliphatic heterocycles. The van der Waals surface area contributed by atoms with Crippen LogP contribution in [0.25, 0.3) is 0 Å². The summed E-state index contributed by atoms with van der Waals surface area (Å²) >= 11 is 0. The van der Waals surface area contributed by atoms with Gasteiger partial charge in [0.25, 0.3) is 0 Å². The minimum absolute atomic E-state index is 0.417. The summed E-state index contributed by atoms with van der Waals surface area (Å²) in [7, 11) is 1.50. The topological polar surface area (TPSA) is 41.8 Å². The standard InChI is InChI=1S/C11H15NO2/c1-14-12-9-5-8-11(13)10-6-3-2-4-7-10/h2-4,6-7,9,11,13H,5,8H2,1H3/b12-9-. The summed E-state index contributed by atoms with van der Waals surface area (Å²) in [5.41, 5.74) is 0.943. The summed E-state index contributed by atoms with van der Waals surface area (Å²) in [4.78, 5) is 4.52. The van der Waals surface area contributed by atoms with Crippen LogP contribution in [0.15, 0.2) is 35.5 Å².